The molecule has 0 saturated carbocycles. The fraction of sp³-hybridized carbons (Fsp3) is 0.308. The average Bonchev–Trinajstić information content (AvgIpc) is 3.35. The molecule has 1 aliphatic carbocycles. The summed E-state index contributed by atoms with van der Waals surface area (Å²) in [6.07, 6.45) is 6.73. The maximum atomic E-state index is 4.35. The van der Waals surface area contributed by atoms with Crippen LogP contribution < -0.4 is 20.9 Å². The van der Waals surface area contributed by atoms with Crippen LogP contribution in [0.15, 0.2) is 47.0 Å². The van der Waals surface area contributed by atoms with E-state index in [1.165, 1.54) is 64.6 Å². The van der Waals surface area contributed by atoms with E-state index in [0.717, 1.165) is 10.4 Å². The first-order valence-corrected chi connectivity index (χ1v) is 11.5. The van der Waals surface area contributed by atoms with E-state index in [9.17, 15) is 0 Å². The molecule has 0 spiro atoms. The molecule has 2 aliphatic rings. The van der Waals surface area contributed by atoms with Gasteiger partial charge in [0.25, 0.3) is 0 Å². The van der Waals surface area contributed by atoms with E-state index in [0.29, 0.717) is 0 Å². The highest BCUT2D eigenvalue weighted by atomic mass is 31.1. The molecule has 0 atom stereocenters. The summed E-state index contributed by atoms with van der Waals surface area (Å²) in [6.45, 7) is 15.3. The highest BCUT2D eigenvalue weighted by molar-refractivity contribution is 7.73. The first-order valence-electron chi connectivity index (χ1n) is 10.0. The van der Waals surface area contributed by atoms with Gasteiger partial charge >= 0.3 is 0 Å². The quantitative estimate of drug-likeness (QED) is 0.685. The molecular weight excluding hydrogens is 343 g/mol. The van der Waals surface area contributed by atoms with Crippen molar-refractivity contribution in [2.45, 2.75) is 52.6 Å². The Labute approximate surface area is 164 Å². The zero-order valence-electron chi connectivity index (χ0n) is 16.9. The highest BCUT2D eigenvalue weighted by Crippen LogP contribution is 2.75. The van der Waals surface area contributed by atoms with Crippen LogP contribution in [0.5, 0.6) is 0 Å². The van der Waals surface area contributed by atoms with Gasteiger partial charge in [-0.25, -0.2) is 0 Å². The molecule has 1 heteroatoms. The fourth-order valence-electron chi connectivity index (χ4n) is 4.63. The second-order valence-electron chi connectivity index (χ2n) is 8.10. The topological polar surface area (TPSA) is 0 Å². The Morgan fingerprint density at radius 1 is 0.889 bits per heavy atom. The van der Waals surface area contributed by atoms with Crippen molar-refractivity contribution in [3.8, 4) is 0 Å². The van der Waals surface area contributed by atoms with Crippen molar-refractivity contribution >= 4 is 32.2 Å². The minimum absolute atomic E-state index is 0.0246. The SMILES string of the molecule is C=c1ccc(CP2C3=C2CCCC3)c(/C(C)=c2\ccccc2=C)c1=C(C)C. The molecule has 2 aromatic rings. The van der Waals surface area contributed by atoms with Crippen molar-refractivity contribution < 1.29 is 0 Å². The summed E-state index contributed by atoms with van der Waals surface area (Å²) in [5.74, 6) is 0. The first-order chi connectivity index (χ1) is 13.0. The van der Waals surface area contributed by atoms with Gasteiger partial charge < -0.3 is 0 Å². The summed E-state index contributed by atoms with van der Waals surface area (Å²) in [7, 11) is 0.0246. The Morgan fingerprint density at radius 3 is 2.19 bits per heavy atom. The van der Waals surface area contributed by atoms with Crippen LogP contribution in [-0.2, 0) is 6.16 Å². The van der Waals surface area contributed by atoms with Crippen LogP contribution in [0.4, 0.5) is 0 Å². The van der Waals surface area contributed by atoms with Gasteiger partial charge in [-0.05, 0) is 103 Å². The van der Waals surface area contributed by atoms with E-state index in [2.05, 4.69) is 70.3 Å². The van der Waals surface area contributed by atoms with Crippen LogP contribution in [0.25, 0.3) is 24.3 Å². The summed E-state index contributed by atoms with van der Waals surface area (Å²) in [5, 5.41) is 8.49. The van der Waals surface area contributed by atoms with E-state index < -0.39 is 0 Å². The minimum atomic E-state index is 0.0246. The number of allylic oxidation sites excluding steroid dienone is 2. The molecule has 27 heavy (non-hydrogen) atoms. The zero-order valence-corrected chi connectivity index (χ0v) is 17.8. The van der Waals surface area contributed by atoms with E-state index in [4.69, 9.17) is 0 Å². The van der Waals surface area contributed by atoms with Gasteiger partial charge in [-0.3, -0.25) is 0 Å². The first kappa shape index (κ1) is 18.5. The van der Waals surface area contributed by atoms with Crippen molar-refractivity contribution in [2.75, 3.05) is 0 Å². The fourth-order valence-corrected chi connectivity index (χ4v) is 7.47. The van der Waals surface area contributed by atoms with Crippen molar-refractivity contribution in [1.82, 2.24) is 0 Å². The van der Waals surface area contributed by atoms with Crippen LogP contribution in [-0.4, -0.2) is 0 Å². The molecule has 0 saturated heterocycles. The highest BCUT2D eigenvalue weighted by Gasteiger charge is 2.37. The van der Waals surface area contributed by atoms with E-state index >= 15 is 0 Å². The summed E-state index contributed by atoms with van der Waals surface area (Å²) in [6, 6.07) is 13.1. The third-order valence-electron chi connectivity index (χ3n) is 6.01. The Bertz CT molecular complexity index is 1140. The van der Waals surface area contributed by atoms with E-state index in [1.807, 2.05) is 10.6 Å². The smallest absolute Gasteiger partial charge is 0.000784 e. The summed E-state index contributed by atoms with van der Waals surface area (Å²) in [5.41, 5.74) is 5.59. The lowest BCUT2D eigenvalue weighted by Crippen LogP contribution is -2.33. The second-order valence-corrected chi connectivity index (χ2v) is 10.4. The normalized spacial score (nSPS) is 17.6. The molecule has 0 amide bonds. The summed E-state index contributed by atoms with van der Waals surface area (Å²) < 4.78 is 0. The van der Waals surface area contributed by atoms with Gasteiger partial charge in [0, 0.05) is 6.16 Å². The average molecular weight is 372 g/mol. The van der Waals surface area contributed by atoms with Crippen molar-refractivity contribution in [2.24, 2.45) is 0 Å². The van der Waals surface area contributed by atoms with Gasteiger partial charge in [0.15, 0.2) is 0 Å². The Kier molecular flexibility index (Phi) is 4.95. The standard InChI is InChI=1S/C26H29P/c1-17(2)25-19(4)14-15-21(16-27-23-12-8-9-13-24(23)27)26(25)20(5)22-11-7-6-10-18(22)3/h6-7,10-11,14-15H,3-4,8-9,12-13,16H2,1-2,5H3/b22-20+. The molecule has 0 radical (unpaired) electrons. The summed E-state index contributed by atoms with van der Waals surface area (Å²) in [4.78, 5) is 0. The number of hydrogen-bond donors (Lipinski definition) is 0. The second kappa shape index (κ2) is 7.25. The number of hydrogen-bond acceptors (Lipinski definition) is 0. The maximum absolute atomic E-state index is 4.35. The van der Waals surface area contributed by atoms with Gasteiger partial charge in [0.1, 0.15) is 0 Å². The lowest BCUT2D eigenvalue weighted by atomic mass is 9.94. The third kappa shape index (κ3) is 3.37. The zero-order chi connectivity index (χ0) is 19.1. The predicted octanol–water partition coefficient (Wildman–Crippen LogP) is 4.70. The van der Waals surface area contributed by atoms with Gasteiger partial charge in [0.05, 0.1) is 0 Å². The Hall–Kier alpha value is -1.91. The molecule has 0 unspecified atom stereocenters. The molecule has 1 heterocycles. The molecule has 0 bridgehead atoms. The molecular formula is C26H29P. The van der Waals surface area contributed by atoms with Crippen LogP contribution >= 0.6 is 7.92 Å². The lowest BCUT2D eigenvalue weighted by Gasteiger charge is -2.14. The van der Waals surface area contributed by atoms with E-state index in [1.54, 1.807) is 0 Å². The molecule has 1 aliphatic heterocycles. The molecule has 0 aromatic heterocycles. The Balaban J connectivity index is 1.92. The van der Waals surface area contributed by atoms with Gasteiger partial charge in [-0.2, -0.15) is 0 Å². The number of benzene rings is 2. The van der Waals surface area contributed by atoms with Crippen LogP contribution in [0.3, 0.4) is 0 Å². The molecule has 2 aromatic carbocycles. The van der Waals surface area contributed by atoms with Crippen LogP contribution in [0.1, 0.15) is 57.6 Å². The van der Waals surface area contributed by atoms with Gasteiger partial charge in [-0.1, -0.05) is 55.1 Å². The van der Waals surface area contributed by atoms with Crippen LogP contribution in [0, 0.1) is 0 Å². The van der Waals surface area contributed by atoms with E-state index in [-0.39, 0.29) is 7.92 Å². The van der Waals surface area contributed by atoms with Crippen molar-refractivity contribution in [3.05, 3.63) is 79.0 Å². The molecule has 138 valence electrons. The summed E-state index contributed by atoms with van der Waals surface area (Å²) >= 11 is 0. The maximum Gasteiger partial charge on any atom is 0.000784 e. The number of rotatable bonds is 3. The Morgan fingerprint density at radius 2 is 1.56 bits per heavy atom. The molecule has 0 fully saturated rings. The third-order valence-corrected chi connectivity index (χ3v) is 8.74. The largest absolute Gasteiger partial charge is 0.0911 e. The van der Waals surface area contributed by atoms with Crippen molar-refractivity contribution in [1.29, 1.82) is 0 Å². The van der Waals surface area contributed by atoms with Crippen molar-refractivity contribution in [3.63, 3.8) is 0 Å². The van der Waals surface area contributed by atoms with Gasteiger partial charge in [0.2, 0.25) is 0 Å². The molecule has 0 N–H and O–H groups in total. The van der Waals surface area contributed by atoms with Gasteiger partial charge in [-0.15, -0.1) is 0 Å². The minimum Gasteiger partial charge on any atom is -0.0911 e. The monoisotopic (exact) mass is 372 g/mol. The predicted molar refractivity (Wildman–Crippen MR) is 121 cm³/mol. The molecule has 0 nitrogen and oxygen atoms in total. The van der Waals surface area contributed by atoms with Crippen LogP contribution in [0.2, 0.25) is 0 Å². The lowest BCUT2D eigenvalue weighted by molar-refractivity contribution is 0.730. The molecule has 4 rings (SSSR count).